The van der Waals surface area contributed by atoms with Crippen LogP contribution < -0.4 is 14.4 Å². The smallest absolute Gasteiger partial charge is 0.270 e. The van der Waals surface area contributed by atoms with Crippen molar-refractivity contribution in [2.45, 2.75) is 13.5 Å². The Hall–Kier alpha value is -2.84. The average molecular weight is 611 g/mol. The van der Waals surface area contributed by atoms with E-state index in [0.717, 1.165) is 27.6 Å². The zero-order chi connectivity index (χ0) is 25.9. The van der Waals surface area contributed by atoms with Crippen LogP contribution in [0.5, 0.6) is 11.5 Å². The van der Waals surface area contributed by atoms with Crippen molar-refractivity contribution in [2.75, 3.05) is 11.5 Å². The summed E-state index contributed by atoms with van der Waals surface area (Å²) in [5, 5.41) is 2.67. The van der Waals surface area contributed by atoms with Crippen LogP contribution in [0.2, 0.25) is 5.02 Å². The van der Waals surface area contributed by atoms with Gasteiger partial charge in [0.2, 0.25) is 0 Å². The lowest BCUT2D eigenvalue weighted by Crippen LogP contribution is -2.27. The van der Waals surface area contributed by atoms with E-state index < -0.39 is 0 Å². The molecule has 1 aliphatic heterocycles. The van der Waals surface area contributed by atoms with E-state index in [1.54, 1.807) is 4.90 Å². The van der Waals surface area contributed by atoms with Crippen molar-refractivity contribution in [3.05, 3.63) is 104 Å². The van der Waals surface area contributed by atoms with Gasteiger partial charge in [0.15, 0.2) is 15.8 Å². The molecule has 0 spiro atoms. The van der Waals surface area contributed by atoms with Crippen molar-refractivity contribution >= 4 is 84.3 Å². The number of benzene rings is 4. The largest absolute Gasteiger partial charge is 0.490 e. The molecule has 1 fully saturated rings. The number of halogens is 2. The Balaban J connectivity index is 1.45. The maximum atomic E-state index is 13.5. The van der Waals surface area contributed by atoms with Gasteiger partial charge in [0.05, 0.1) is 21.7 Å². The molecule has 0 radical (unpaired) electrons. The van der Waals surface area contributed by atoms with E-state index in [9.17, 15) is 4.79 Å². The number of nitrogens with zero attached hydrogens (tertiary/aromatic N) is 1. The van der Waals surface area contributed by atoms with Crippen LogP contribution in [0, 0.1) is 0 Å². The summed E-state index contributed by atoms with van der Waals surface area (Å²) < 4.78 is 13.2. The van der Waals surface area contributed by atoms with Crippen LogP contribution in [0.15, 0.2) is 88.2 Å². The van der Waals surface area contributed by atoms with E-state index >= 15 is 0 Å². The number of thiocarbonyl (C=S) groups is 1. The first-order valence-electron chi connectivity index (χ1n) is 11.5. The molecule has 0 saturated carbocycles. The zero-order valence-electron chi connectivity index (χ0n) is 19.7. The summed E-state index contributed by atoms with van der Waals surface area (Å²) in [5.74, 6) is 0.987. The molecule has 1 aliphatic rings. The van der Waals surface area contributed by atoms with Crippen LogP contribution in [0.25, 0.3) is 16.8 Å². The van der Waals surface area contributed by atoms with Crippen LogP contribution >= 0.6 is 51.5 Å². The van der Waals surface area contributed by atoms with Crippen LogP contribution in [0.1, 0.15) is 18.1 Å². The molecule has 8 heteroatoms. The summed E-state index contributed by atoms with van der Waals surface area (Å²) in [6.45, 7) is 2.66. The molecular formula is C29H21BrClNO3S2. The van der Waals surface area contributed by atoms with Gasteiger partial charge in [0.25, 0.3) is 5.91 Å². The second kappa shape index (κ2) is 11.3. The molecule has 0 N–H and O–H groups in total. The van der Waals surface area contributed by atoms with Crippen molar-refractivity contribution in [1.82, 2.24) is 0 Å². The summed E-state index contributed by atoms with van der Waals surface area (Å²) in [6.07, 6.45) is 1.83. The fourth-order valence-corrected chi connectivity index (χ4v) is 6.12. The molecule has 0 unspecified atom stereocenters. The van der Waals surface area contributed by atoms with Crippen molar-refractivity contribution in [1.29, 1.82) is 0 Å². The van der Waals surface area contributed by atoms with Crippen molar-refractivity contribution in [3.63, 3.8) is 0 Å². The number of carbonyl (C=O) groups excluding carboxylic acids is 1. The lowest BCUT2D eigenvalue weighted by atomic mass is 10.1. The predicted molar refractivity (Wildman–Crippen MR) is 161 cm³/mol. The third-order valence-electron chi connectivity index (χ3n) is 5.76. The van der Waals surface area contributed by atoms with Crippen LogP contribution in [-0.4, -0.2) is 16.8 Å². The fraction of sp³-hybridized carbons (Fsp3) is 0.103. The lowest BCUT2D eigenvalue weighted by Gasteiger charge is -2.17. The fourth-order valence-electron chi connectivity index (χ4n) is 4.07. The van der Waals surface area contributed by atoms with Gasteiger partial charge in [-0.3, -0.25) is 9.69 Å². The highest BCUT2D eigenvalue weighted by molar-refractivity contribution is 9.10. The number of rotatable bonds is 7. The first-order valence-corrected chi connectivity index (χ1v) is 13.9. The summed E-state index contributed by atoms with van der Waals surface area (Å²) in [7, 11) is 0. The Bertz CT molecular complexity index is 1550. The third kappa shape index (κ3) is 5.41. The molecule has 4 aromatic rings. The van der Waals surface area contributed by atoms with Crippen LogP contribution in [-0.2, 0) is 11.4 Å². The third-order valence-corrected chi connectivity index (χ3v) is 8.02. The van der Waals surface area contributed by atoms with E-state index in [2.05, 4.69) is 15.9 Å². The Labute approximate surface area is 238 Å². The molecule has 1 saturated heterocycles. The van der Waals surface area contributed by atoms with Crippen molar-refractivity contribution in [2.24, 2.45) is 0 Å². The highest BCUT2D eigenvalue weighted by Gasteiger charge is 2.34. The number of thioether (sulfide) groups is 1. The van der Waals surface area contributed by atoms with E-state index in [-0.39, 0.29) is 5.91 Å². The maximum Gasteiger partial charge on any atom is 0.270 e. The molecule has 4 nitrogen and oxygen atoms in total. The minimum Gasteiger partial charge on any atom is -0.490 e. The van der Waals surface area contributed by atoms with E-state index in [1.165, 1.54) is 11.8 Å². The van der Waals surface area contributed by atoms with Gasteiger partial charge in [0.1, 0.15) is 6.61 Å². The van der Waals surface area contributed by atoms with E-state index in [1.807, 2.05) is 91.9 Å². The van der Waals surface area contributed by atoms with Crippen LogP contribution in [0.3, 0.4) is 0 Å². The highest BCUT2D eigenvalue weighted by Crippen LogP contribution is 2.42. The number of fused-ring (bicyclic) bond motifs is 1. The van der Waals surface area contributed by atoms with Gasteiger partial charge in [0, 0.05) is 16.0 Å². The number of amides is 1. The topological polar surface area (TPSA) is 38.8 Å². The Morgan fingerprint density at radius 3 is 2.59 bits per heavy atom. The normalized spacial score (nSPS) is 14.6. The van der Waals surface area contributed by atoms with Gasteiger partial charge < -0.3 is 9.47 Å². The molecule has 0 aliphatic carbocycles. The summed E-state index contributed by atoms with van der Waals surface area (Å²) >= 11 is 16.8. The Morgan fingerprint density at radius 1 is 1.03 bits per heavy atom. The second-order valence-corrected chi connectivity index (χ2v) is 11.1. The number of anilines is 1. The first-order chi connectivity index (χ1) is 18.0. The zero-order valence-corrected chi connectivity index (χ0v) is 23.7. The molecule has 4 aromatic carbocycles. The Kier molecular flexibility index (Phi) is 7.86. The molecule has 0 atom stereocenters. The summed E-state index contributed by atoms with van der Waals surface area (Å²) in [6, 6.07) is 25.1. The van der Waals surface area contributed by atoms with Gasteiger partial charge in [-0.05, 0) is 64.1 Å². The summed E-state index contributed by atoms with van der Waals surface area (Å²) in [5.41, 5.74) is 2.45. The number of hydrogen-bond donors (Lipinski definition) is 0. The van der Waals surface area contributed by atoms with E-state index in [0.29, 0.717) is 43.4 Å². The minimum absolute atomic E-state index is 0.153. The number of carbonyl (C=O) groups is 1. The van der Waals surface area contributed by atoms with Gasteiger partial charge in [-0.2, -0.15) is 0 Å². The van der Waals surface area contributed by atoms with Gasteiger partial charge in [-0.25, -0.2) is 0 Å². The molecule has 37 heavy (non-hydrogen) atoms. The molecule has 0 aromatic heterocycles. The average Bonchev–Trinajstić information content (AvgIpc) is 3.16. The lowest BCUT2D eigenvalue weighted by molar-refractivity contribution is -0.113. The highest BCUT2D eigenvalue weighted by atomic mass is 79.9. The molecule has 5 rings (SSSR count). The van der Waals surface area contributed by atoms with Gasteiger partial charge in [-0.15, -0.1) is 0 Å². The molecule has 186 valence electrons. The monoisotopic (exact) mass is 609 g/mol. The van der Waals surface area contributed by atoms with E-state index in [4.69, 9.17) is 33.3 Å². The quantitative estimate of drug-likeness (QED) is 0.155. The molecule has 0 bridgehead atoms. The van der Waals surface area contributed by atoms with Gasteiger partial charge in [-0.1, -0.05) is 90.2 Å². The molecular weight excluding hydrogens is 590 g/mol. The summed E-state index contributed by atoms with van der Waals surface area (Å²) in [4.78, 5) is 15.6. The maximum absolute atomic E-state index is 13.5. The van der Waals surface area contributed by atoms with Gasteiger partial charge >= 0.3 is 0 Å². The van der Waals surface area contributed by atoms with Crippen molar-refractivity contribution < 1.29 is 14.3 Å². The SMILES string of the molecule is CCOc1cc(/C=C2\SC(=S)N(c3cccc4ccccc34)C2=O)cc(Br)c1OCc1ccccc1Cl. The number of hydrogen-bond acceptors (Lipinski definition) is 5. The first kappa shape index (κ1) is 25.8. The molecule has 1 heterocycles. The Morgan fingerprint density at radius 2 is 1.78 bits per heavy atom. The van der Waals surface area contributed by atoms with Crippen molar-refractivity contribution in [3.8, 4) is 11.5 Å². The standard InChI is InChI=1S/C29H21BrClNO3S2/c1-2-34-25-15-18(14-22(30)27(25)35-17-20-9-4-6-12-23(20)31)16-26-28(33)32(29(36)37-26)24-13-7-10-19-8-3-5-11-21(19)24/h3-16H,2,17H2,1H3/b26-16-. The molecule has 1 amide bonds. The minimum atomic E-state index is -0.153. The second-order valence-electron chi connectivity index (χ2n) is 8.16. The predicted octanol–water partition coefficient (Wildman–Crippen LogP) is 8.64. The van der Waals surface area contributed by atoms with Crippen LogP contribution in [0.4, 0.5) is 5.69 Å². The number of ether oxygens (including phenoxy) is 2.